The molecule has 0 amide bonds. The van der Waals surface area contributed by atoms with Crippen LogP contribution in [0.25, 0.3) is 10.4 Å². The molecule has 0 atom stereocenters. The maximum atomic E-state index is 11.0. The van der Waals surface area contributed by atoms with Crippen LogP contribution in [0.4, 0.5) is 0 Å². The average molecular weight is 235 g/mol. The van der Waals surface area contributed by atoms with Crippen LogP contribution in [0.15, 0.2) is 30.5 Å². The smallest absolute Gasteiger partial charge is 0.336 e. The SMILES string of the molecule is O=C(O)c1ccccc1-c1cnc(CO)s1. The van der Waals surface area contributed by atoms with Crippen molar-refractivity contribution in [2.45, 2.75) is 6.61 Å². The molecular formula is C11H9NO3S. The van der Waals surface area contributed by atoms with Crippen molar-refractivity contribution in [1.29, 1.82) is 0 Å². The Kier molecular flexibility index (Phi) is 2.98. The summed E-state index contributed by atoms with van der Waals surface area (Å²) in [6.45, 7) is -0.125. The zero-order chi connectivity index (χ0) is 11.5. The van der Waals surface area contributed by atoms with Crippen LogP contribution in [0.5, 0.6) is 0 Å². The van der Waals surface area contributed by atoms with Crippen LogP contribution in [0, 0.1) is 0 Å². The predicted molar refractivity (Wildman–Crippen MR) is 60.4 cm³/mol. The van der Waals surface area contributed by atoms with E-state index in [2.05, 4.69) is 4.98 Å². The van der Waals surface area contributed by atoms with E-state index in [1.54, 1.807) is 30.5 Å². The molecule has 16 heavy (non-hydrogen) atoms. The Morgan fingerprint density at radius 2 is 2.12 bits per heavy atom. The van der Waals surface area contributed by atoms with Gasteiger partial charge in [0.25, 0.3) is 0 Å². The van der Waals surface area contributed by atoms with Crippen LogP contribution in [0.1, 0.15) is 15.4 Å². The topological polar surface area (TPSA) is 70.4 Å². The summed E-state index contributed by atoms with van der Waals surface area (Å²) >= 11 is 1.29. The lowest BCUT2D eigenvalue weighted by atomic mass is 10.1. The number of hydrogen-bond donors (Lipinski definition) is 2. The highest BCUT2D eigenvalue weighted by atomic mass is 32.1. The molecule has 1 aromatic heterocycles. The maximum Gasteiger partial charge on any atom is 0.336 e. The van der Waals surface area contributed by atoms with Gasteiger partial charge < -0.3 is 10.2 Å². The molecular weight excluding hydrogens is 226 g/mol. The third-order valence-corrected chi connectivity index (χ3v) is 3.13. The first-order valence-electron chi connectivity index (χ1n) is 4.60. The zero-order valence-corrected chi connectivity index (χ0v) is 9.07. The van der Waals surface area contributed by atoms with E-state index >= 15 is 0 Å². The number of benzene rings is 1. The number of hydrogen-bond acceptors (Lipinski definition) is 4. The molecule has 2 aromatic rings. The molecule has 2 N–H and O–H groups in total. The van der Waals surface area contributed by atoms with Gasteiger partial charge in [0.15, 0.2) is 0 Å². The molecule has 0 aliphatic carbocycles. The predicted octanol–water partition coefficient (Wildman–Crippen LogP) is 2.00. The molecule has 0 spiro atoms. The van der Waals surface area contributed by atoms with E-state index in [0.717, 1.165) is 4.88 Å². The zero-order valence-electron chi connectivity index (χ0n) is 8.25. The van der Waals surface area contributed by atoms with Crippen molar-refractivity contribution in [1.82, 2.24) is 4.98 Å². The van der Waals surface area contributed by atoms with Crippen molar-refractivity contribution in [3.63, 3.8) is 0 Å². The highest BCUT2D eigenvalue weighted by Crippen LogP contribution is 2.29. The first-order valence-corrected chi connectivity index (χ1v) is 5.42. The van der Waals surface area contributed by atoms with Crippen LogP contribution in [0.2, 0.25) is 0 Å². The molecule has 0 bridgehead atoms. The van der Waals surface area contributed by atoms with Crippen LogP contribution in [-0.4, -0.2) is 21.2 Å². The highest BCUT2D eigenvalue weighted by Gasteiger charge is 2.12. The van der Waals surface area contributed by atoms with Gasteiger partial charge in [0, 0.05) is 11.8 Å². The Bertz CT molecular complexity index is 521. The van der Waals surface area contributed by atoms with Crippen molar-refractivity contribution in [3.8, 4) is 10.4 Å². The fourth-order valence-corrected chi connectivity index (χ4v) is 2.21. The van der Waals surface area contributed by atoms with Gasteiger partial charge in [-0.05, 0) is 6.07 Å². The van der Waals surface area contributed by atoms with E-state index in [4.69, 9.17) is 10.2 Å². The summed E-state index contributed by atoms with van der Waals surface area (Å²) in [6.07, 6.45) is 1.58. The summed E-state index contributed by atoms with van der Waals surface area (Å²) < 4.78 is 0. The summed E-state index contributed by atoms with van der Waals surface area (Å²) in [6, 6.07) is 6.75. The maximum absolute atomic E-state index is 11.0. The van der Waals surface area contributed by atoms with Gasteiger partial charge in [0.05, 0.1) is 17.0 Å². The van der Waals surface area contributed by atoms with Crippen molar-refractivity contribution in [2.75, 3.05) is 0 Å². The van der Waals surface area contributed by atoms with Crippen LogP contribution < -0.4 is 0 Å². The van der Waals surface area contributed by atoms with Crippen molar-refractivity contribution < 1.29 is 15.0 Å². The number of carboxylic acids is 1. The number of thiazole rings is 1. The normalized spacial score (nSPS) is 10.3. The Morgan fingerprint density at radius 1 is 1.38 bits per heavy atom. The van der Waals surface area contributed by atoms with Gasteiger partial charge in [-0.1, -0.05) is 18.2 Å². The quantitative estimate of drug-likeness (QED) is 0.853. The number of aliphatic hydroxyl groups is 1. The summed E-state index contributed by atoms with van der Waals surface area (Å²) in [5.74, 6) is -0.963. The largest absolute Gasteiger partial charge is 0.478 e. The number of aromatic carboxylic acids is 1. The minimum atomic E-state index is -0.963. The Labute approximate surface area is 95.8 Å². The second-order valence-electron chi connectivity index (χ2n) is 3.13. The minimum Gasteiger partial charge on any atom is -0.478 e. The molecule has 0 radical (unpaired) electrons. The molecule has 4 nitrogen and oxygen atoms in total. The number of carbonyl (C=O) groups is 1. The number of rotatable bonds is 3. The second-order valence-corrected chi connectivity index (χ2v) is 4.24. The first kappa shape index (κ1) is 10.8. The molecule has 0 saturated heterocycles. The number of aliphatic hydroxyl groups excluding tert-OH is 1. The standard InChI is InChI=1S/C11H9NO3S/c13-6-10-12-5-9(16-10)7-3-1-2-4-8(7)11(14)15/h1-5,13H,6H2,(H,14,15). The number of aromatic nitrogens is 1. The van der Waals surface area contributed by atoms with E-state index in [9.17, 15) is 4.79 Å². The molecule has 82 valence electrons. The summed E-state index contributed by atoms with van der Waals surface area (Å²) in [4.78, 5) is 15.7. The molecule has 0 aliphatic heterocycles. The number of carboxylic acid groups (broad SMARTS) is 1. The Hall–Kier alpha value is -1.72. The lowest BCUT2D eigenvalue weighted by Crippen LogP contribution is -1.97. The van der Waals surface area contributed by atoms with E-state index in [1.807, 2.05) is 0 Å². The Balaban J connectivity index is 2.50. The summed E-state index contributed by atoms with van der Waals surface area (Å²) in [5, 5.41) is 18.5. The fourth-order valence-electron chi connectivity index (χ4n) is 1.39. The summed E-state index contributed by atoms with van der Waals surface area (Å²) in [5.41, 5.74) is 0.878. The second kappa shape index (κ2) is 4.42. The van der Waals surface area contributed by atoms with Crippen LogP contribution >= 0.6 is 11.3 Å². The van der Waals surface area contributed by atoms with Gasteiger partial charge in [0.1, 0.15) is 5.01 Å². The lowest BCUT2D eigenvalue weighted by Gasteiger charge is -2.01. The van der Waals surface area contributed by atoms with Gasteiger partial charge in [-0.15, -0.1) is 11.3 Å². The van der Waals surface area contributed by atoms with E-state index < -0.39 is 5.97 Å². The lowest BCUT2D eigenvalue weighted by molar-refractivity contribution is 0.0698. The van der Waals surface area contributed by atoms with Crippen molar-refractivity contribution in [3.05, 3.63) is 41.0 Å². The summed E-state index contributed by atoms with van der Waals surface area (Å²) in [7, 11) is 0. The molecule has 1 heterocycles. The molecule has 0 unspecified atom stereocenters. The first-order chi connectivity index (χ1) is 7.72. The Morgan fingerprint density at radius 3 is 2.75 bits per heavy atom. The van der Waals surface area contributed by atoms with Gasteiger partial charge >= 0.3 is 5.97 Å². The van der Waals surface area contributed by atoms with E-state index in [-0.39, 0.29) is 12.2 Å². The monoisotopic (exact) mass is 235 g/mol. The van der Waals surface area contributed by atoms with Gasteiger partial charge in [-0.3, -0.25) is 0 Å². The molecule has 0 fully saturated rings. The van der Waals surface area contributed by atoms with E-state index in [1.165, 1.54) is 11.3 Å². The average Bonchev–Trinajstić information content (AvgIpc) is 2.77. The van der Waals surface area contributed by atoms with Crippen molar-refractivity contribution >= 4 is 17.3 Å². The molecule has 1 aromatic carbocycles. The van der Waals surface area contributed by atoms with Crippen LogP contribution in [-0.2, 0) is 6.61 Å². The van der Waals surface area contributed by atoms with Gasteiger partial charge in [-0.2, -0.15) is 0 Å². The van der Waals surface area contributed by atoms with Gasteiger partial charge in [0.2, 0.25) is 0 Å². The molecule has 5 heteroatoms. The molecule has 2 rings (SSSR count). The third kappa shape index (κ3) is 1.95. The van der Waals surface area contributed by atoms with Crippen molar-refractivity contribution in [2.24, 2.45) is 0 Å². The molecule has 0 aliphatic rings. The molecule has 0 saturated carbocycles. The van der Waals surface area contributed by atoms with Gasteiger partial charge in [-0.25, -0.2) is 9.78 Å². The highest BCUT2D eigenvalue weighted by molar-refractivity contribution is 7.15. The minimum absolute atomic E-state index is 0.125. The number of nitrogens with zero attached hydrogens (tertiary/aromatic N) is 1. The fraction of sp³-hybridized carbons (Fsp3) is 0.0909. The van der Waals surface area contributed by atoms with E-state index in [0.29, 0.717) is 10.6 Å². The third-order valence-electron chi connectivity index (χ3n) is 2.11. The van der Waals surface area contributed by atoms with Crippen LogP contribution in [0.3, 0.4) is 0 Å².